The first-order valence-electron chi connectivity index (χ1n) is 6.48. The van der Waals surface area contributed by atoms with Crippen molar-refractivity contribution in [3.8, 4) is 0 Å². The van der Waals surface area contributed by atoms with Gasteiger partial charge in [0.1, 0.15) is 0 Å². The fraction of sp³-hybridized carbons (Fsp3) is 0.846. The standard InChI is InChI=1S/C13H25N3/c1-11-9-13(10-14,7-8-16(11)2)15-12-5-3-4-6-12/h3-4,11-12,15H,5-10,14H2,1-2H3. The van der Waals surface area contributed by atoms with Gasteiger partial charge in [0.15, 0.2) is 0 Å². The maximum absolute atomic E-state index is 6.02. The zero-order valence-electron chi connectivity index (χ0n) is 10.6. The number of nitrogens with two attached hydrogens (primary N) is 1. The molecule has 92 valence electrons. The molecule has 1 aliphatic heterocycles. The van der Waals surface area contributed by atoms with E-state index >= 15 is 0 Å². The topological polar surface area (TPSA) is 41.3 Å². The lowest BCUT2D eigenvalue weighted by Crippen LogP contribution is -2.61. The molecule has 0 radical (unpaired) electrons. The fourth-order valence-electron chi connectivity index (χ4n) is 2.98. The van der Waals surface area contributed by atoms with E-state index in [1.807, 2.05) is 0 Å². The van der Waals surface area contributed by atoms with Gasteiger partial charge in [0.2, 0.25) is 0 Å². The van der Waals surface area contributed by atoms with E-state index in [-0.39, 0.29) is 5.54 Å². The van der Waals surface area contributed by atoms with E-state index in [1.54, 1.807) is 0 Å². The van der Waals surface area contributed by atoms with E-state index in [1.165, 1.54) is 25.7 Å². The summed E-state index contributed by atoms with van der Waals surface area (Å²) in [6.07, 6.45) is 9.26. The highest BCUT2D eigenvalue weighted by molar-refractivity contribution is 5.04. The third kappa shape index (κ3) is 2.47. The third-order valence-corrected chi connectivity index (χ3v) is 4.29. The van der Waals surface area contributed by atoms with Crippen LogP contribution in [0.4, 0.5) is 0 Å². The van der Waals surface area contributed by atoms with E-state index in [2.05, 4.69) is 36.3 Å². The van der Waals surface area contributed by atoms with Crippen LogP contribution in [0.25, 0.3) is 0 Å². The van der Waals surface area contributed by atoms with Crippen molar-refractivity contribution in [2.24, 2.45) is 5.73 Å². The van der Waals surface area contributed by atoms with Crippen molar-refractivity contribution in [1.29, 1.82) is 0 Å². The molecule has 2 atom stereocenters. The van der Waals surface area contributed by atoms with Crippen LogP contribution in [0.3, 0.4) is 0 Å². The molecule has 0 saturated carbocycles. The number of likely N-dealkylation sites (tertiary alicyclic amines) is 1. The Bertz CT molecular complexity index is 256. The van der Waals surface area contributed by atoms with E-state index in [0.29, 0.717) is 12.1 Å². The van der Waals surface area contributed by atoms with Gasteiger partial charge in [-0.3, -0.25) is 0 Å². The summed E-state index contributed by atoms with van der Waals surface area (Å²) in [4.78, 5) is 2.43. The Hall–Kier alpha value is -0.380. The normalized spacial score (nSPS) is 37.1. The molecule has 3 N–H and O–H groups in total. The quantitative estimate of drug-likeness (QED) is 0.704. The van der Waals surface area contributed by atoms with Crippen LogP contribution in [-0.2, 0) is 0 Å². The minimum Gasteiger partial charge on any atom is -0.329 e. The lowest BCUT2D eigenvalue weighted by molar-refractivity contribution is 0.103. The minimum atomic E-state index is 0.183. The number of rotatable bonds is 3. The van der Waals surface area contributed by atoms with Gasteiger partial charge >= 0.3 is 0 Å². The average molecular weight is 223 g/mol. The van der Waals surface area contributed by atoms with Gasteiger partial charge in [0.05, 0.1) is 0 Å². The Morgan fingerprint density at radius 2 is 2.12 bits per heavy atom. The van der Waals surface area contributed by atoms with Crippen molar-refractivity contribution in [3.05, 3.63) is 12.2 Å². The summed E-state index contributed by atoms with van der Waals surface area (Å²) < 4.78 is 0. The smallest absolute Gasteiger partial charge is 0.0333 e. The highest BCUT2D eigenvalue weighted by atomic mass is 15.2. The molecule has 3 nitrogen and oxygen atoms in total. The Kier molecular flexibility index (Phi) is 3.67. The van der Waals surface area contributed by atoms with Gasteiger partial charge in [-0.05, 0) is 46.2 Å². The molecule has 1 heterocycles. The zero-order valence-corrected chi connectivity index (χ0v) is 10.6. The van der Waals surface area contributed by atoms with E-state index < -0.39 is 0 Å². The van der Waals surface area contributed by atoms with Crippen LogP contribution >= 0.6 is 0 Å². The van der Waals surface area contributed by atoms with Crippen molar-refractivity contribution in [2.75, 3.05) is 20.1 Å². The first kappa shape index (κ1) is 12.1. The fourth-order valence-corrected chi connectivity index (χ4v) is 2.98. The number of hydrogen-bond donors (Lipinski definition) is 2. The summed E-state index contributed by atoms with van der Waals surface area (Å²) in [5.41, 5.74) is 6.21. The van der Waals surface area contributed by atoms with Gasteiger partial charge < -0.3 is 16.0 Å². The molecular formula is C13H25N3. The molecule has 0 aromatic carbocycles. The molecule has 3 heteroatoms. The molecule has 2 aliphatic rings. The molecular weight excluding hydrogens is 198 g/mol. The Morgan fingerprint density at radius 3 is 2.69 bits per heavy atom. The number of piperidine rings is 1. The Labute approximate surface area is 99.1 Å². The highest BCUT2D eigenvalue weighted by Crippen LogP contribution is 2.27. The molecule has 2 rings (SSSR count). The first-order chi connectivity index (χ1) is 7.65. The SMILES string of the molecule is CC1CC(CN)(NC2CC=CC2)CCN1C. The highest BCUT2D eigenvalue weighted by Gasteiger charge is 2.37. The summed E-state index contributed by atoms with van der Waals surface area (Å²) in [5, 5.41) is 3.82. The van der Waals surface area contributed by atoms with E-state index in [0.717, 1.165) is 13.1 Å². The van der Waals surface area contributed by atoms with Gasteiger partial charge in [-0.2, -0.15) is 0 Å². The summed E-state index contributed by atoms with van der Waals surface area (Å²) in [5.74, 6) is 0. The molecule has 1 fully saturated rings. The van der Waals surface area contributed by atoms with Crippen LogP contribution in [0.2, 0.25) is 0 Å². The van der Waals surface area contributed by atoms with Crippen LogP contribution in [-0.4, -0.2) is 42.7 Å². The lowest BCUT2D eigenvalue weighted by Gasteiger charge is -2.46. The predicted octanol–water partition coefficient (Wildman–Crippen LogP) is 1.11. The van der Waals surface area contributed by atoms with Crippen molar-refractivity contribution < 1.29 is 0 Å². The van der Waals surface area contributed by atoms with Crippen molar-refractivity contribution >= 4 is 0 Å². The van der Waals surface area contributed by atoms with Crippen LogP contribution in [0.15, 0.2) is 12.2 Å². The molecule has 0 aromatic rings. The van der Waals surface area contributed by atoms with Crippen LogP contribution in [0.5, 0.6) is 0 Å². The van der Waals surface area contributed by atoms with E-state index in [4.69, 9.17) is 5.73 Å². The monoisotopic (exact) mass is 223 g/mol. The number of hydrogen-bond acceptors (Lipinski definition) is 3. The van der Waals surface area contributed by atoms with Crippen molar-refractivity contribution in [3.63, 3.8) is 0 Å². The summed E-state index contributed by atoms with van der Waals surface area (Å²) in [6, 6.07) is 1.26. The van der Waals surface area contributed by atoms with E-state index in [9.17, 15) is 0 Å². The van der Waals surface area contributed by atoms with Gasteiger partial charge in [-0.15, -0.1) is 0 Å². The van der Waals surface area contributed by atoms with Gasteiger partial charge in [-0.1, -0.05) is 12.2 Å². The van der Waals surface area contributed by atoms with Gasteiger partial charge in [0, 0.05) is 24.2 Å². The predicted molar refractivity (Wildman–Crippen MR) is 68.4 cm³/mol. The summed E-state index contributed by atoms with van der Waals surface area (Å²) >= 11 is 0. The summed E-state index contributed by atoms with van der Waals surface area (Å²) in [7, 11) is 2.21. The number of nitrogens with zero attached hydrogens (tertiary/aromatic N) is 1. The molecule has 0 spiro atoms. The summed E-state index contributed by atoms with van der Waals surface area (Å²) in [6.45, 7) is 4.23. The second-order valence-electron chi connectivity index (χ2n) is 5.55. The maximum Gasteiger partial charge on any atom is 0.0333 e. The van der Waals surface area contributed by atoms with Crippen molar-refractivity contribution in [2.45, 2.75) is 50.2 Å². The van der Waals surface area contributed by atoms with Crippen LogP contribution in [0, 0.1) is 0 Å². The zero-order chi connectivity index (χ0) is 11.6. The largest absolute Gasteiger partial charge is 0.329 e. The second-order valence-corrected chi connectivity index (χ2v) is 5.55. The molecule has 1 saturated heterocycles. The first-order valence-corrected chi connectivity index (χ1v) is 6.48. The molecule has 0 bridgehead atoms. The minimum absolute atomic E-state index is 0.183. The molecule has 16 heavy (non-hydrogen) atoms. The molecule has 2 unspecified atom stereocenters. The maximum atomic E-state index is 6.02. The molecule has 0 aromatic heterocycles. The molecule has 0 amide bonds. The third-order valence-electron chi connectivity index (χ3n) is 4.29. The number of nitrogens with one attached hydrogen (secondary N) is 1. The lowest BCUT2D eigenvalue weighted by atomic mass is 9.83. The van der Waals surface area contributed by atoms with Crippen molar-refractivity contribution in [1.82, 2.24) is 10.2 Å². The van der Waals surface area contributed by atoms with Gasteiger partial charge in [0.25, 0.3) is 0 Å². The Morgan fingerprint density at radius 1 is 1.44 bits per heavy atom. The van der Waals surface area contributed by atoms with Crippen LogP contribution in [0.1, 0.15) is 32.6 Å². The Balaban J connectivity index is 1.96. The second kappa shape index (κ2) is 4.86. The molecule has 1 aliphatic carbocycles. The van der Waals surface area contributed by atoms with Crippen LogP contribution < -0.4 is 11.1 Å². The van der Waals surface area contributed by atoms with Gasteiger partial charge in [-0.25, -0.2) is 0 Å². The average Bonchev–Trinajstić information content (AvgIpc) is 2.76.